The Kier molecular flexibility index (Phi) is 5.06. The monoisotopic (exact) mass is 349 g/mol. The van der Waals surface area contributed by atoms with Gasteiger partial charge in [0.2, 0.25) is 5.91 Å². The van der Waals surface area contributed by atoms with E-state index in [9.17, 15) is 14.7 Å². The molecule has 0 aliphatic carbocycles. The SMILES string of the molecule is O=C(/C=C/c1ccccc1)Nc1scc(-c2ccccc2)c1C(=O)O. The highest BCUT2D eigenvalue weighted by Gasteiger charge is 2.20. The lowest BCUT2D eigenvalue weighted by molar-refractivity contribution is -0.111. The van der Waals surface area contributed by atoms with Crippen molar-refractivity contribution in [3.8, 4) is 11.1 Å². The summed E-state index contributed by atoms with van der Waals surface area (Å²) in [5.41, 5.74) is 2.40. The Morgan fingerprint density at radius 3 is 2.24 bits per heavy atom. The lowest BCUT2D eigenvalue weighted by Crippen LogP contribution is -2.10. The van der Waals surface area contributed by atoms with Gasteiger partial charge in [-0.1, -0.05) is 60.7 Å². The van der Waals surface area contributed by atoms with Crippen molar-refractivity contribution in [1.82, 2.24) is 0 Å². The van der Waals surface area contributed by atoms with Gasteiger partial charge in [-0.15, -0.1) is 11.3 Å². The summed E-state index contributed by atoms with van der Waals surface area (Å²) in [5.74, 6) is -1.43. The summed E-state index contributed by atoms with van der Waals surface area (Å²) in [7, 11) is 0. The van der Waals surface area contributed by atoms with Gasteiger partial charge >= 0.3 is 5.97 Å². The molecule has 0 saturated heterocycles. The van der Waals surface area contributed by atoms with Crippen molar-refractivity contribution in [3.05, 3.63) is 83.2 Å². The zero-order valence-electron chi connectivity index (χ0n) is 13.2. The Labute approximate surface area is 149 Å². The number of carboxylic acids is 1. The molecule has 0 aliphatic rings. The predicted octanol–water partition coefficient (Wildman–Crippen LogP) is 4.77. The summed E-state index contributed by atoms with van der Waals surface area (Å²) < 4.78 is 0. The van der Waals surface area contributed by atoms with Gasteiger partial charge in [-0.3, -0.25) is 4.79 Å². The van der Waals surface area contributed by atoms with Crippen LogP contribution in [0, 0.1) is 0 Å². The number of hydrogen-bond donors (Lipinski definition) is 2. The number of thiophene rings is 1. The van der Waals surface area contributed by atoms with Gasteiger partial charge in [0.25, 0.3) is 0 Å². The third-order valence-corrected chi connectivity index (χ3v) is 4.45. The van der Waals surface area contributed by atoms with Crippen molar-refractivity contribution in [1.29, 1.82) is 0 Å². The topological polar surface area (TPSA) is 66.4 Å². The van der Waals surface area contributed by atoms with Crippen LogP contribution in [0.15, 0.2) is 72.1 Å². The second kappa shape index (κ2) is 7.59. The number of benzene rings is 2. The highest BCUT2D eigenvalue weighted by Crippen LogP contribution is 2.35. The molecule has 3 aromatic rings. The Balaban J connectivity index is 1.83. The van der Waals surface area contributed by atoms with Crippen LogP contribution in [0.25, 0.3) is 17.2 Å². The van der Waals surface area contributed by atoms with E-state index in [1.165, 1.54) is 17.4 Å². The van der Waals surface area contributed by atoms with E-state index in [1.54, 1.807) is 11.5 Å². The normalized spacial score (nSPS) is 10.7. The number of amides is 1. The van der Waals surface area contributed by atoms with Gasteiger partial charge in [0, 0.05) is 17.0 Å². The molecule has 0 atom stereocenters. The molecule has 0 unspecified atom stereocenters. The lowest BCUT2D eigenvalue weighted by Gasteiger charge is -2.04. The van der Waals surface area contributed by atoms with Gasteiger partial charge in [-0.25, -0.2) is 4.79 Å². The molecule has 0 fully saturated rings. The standard InChI is InChI=1S/C20H15NO3S/c22-17(12-11-14-7-3-1-4-8-14)21-19-18(20(23)24)16(13-25-19)15-9-5-2-6-10-15/h1-13H,(H,21,22)(H,23,24)/b12-11+. The van der Waals surface area contributed by atoms with E-state index in [0.29, 0.717) is 10.6 Å². The number of hydrogen-bond acceptors (Lipinski definition) is 3. The Hall–Kier alpha value is -3.18. The van der Waals surface area contributed by atoms with Crippen molar-refractivity contribution in [3.63, 3.8) is 0 Å². The summed E-state index contributed by atoms with van der Waals surface area (Å²) in [5, 5.41) is 14.3. The number of carboxylic acid groups (broad SMARTS) is 1. The molecule has 1 heterocycles. The van der Waals surface area contributed by atoms with Crippen LogP contribution in [-0.4, -0.2) is 17.0 Å². The number of anilines is 1. The van der Waals surface area contributed by atoms with E-state index in [4.69, 9.17) is 0 Å². The number of aromatic carboxylic acids is 1. The highest BCUT2D eigenvalue weighted by atomic mass is 32.1. The van der Waals surface area contributed by atoms with Crippen molar-refractivity contribution in [2.24, 2.45) is 0 Å². The molecule has 0 bridgehead atoms. The van der Waals surface area contributed by atoms with Crippen LogP contribution in [0.3, 0.4) is 0 Å². The van der Waals surface area contributed by atoms with E-state index in [1.807, 2.05) is 60.7 Å². The quantitative estimate of drug-likeness (QED) is 0.652. The molecule has 0 radical (unpaired) electrons. The van der Waals surface area contributed by atoms with E-state index < -0.39 is 5.97 Å². The minimum atomic E-state index is -1.07. The first-order chi connectivity index (χ1) is 12.1. The van der Waals surface area contributed by atoms with Gasteiger partial charge < -0.3 is 10.4 Å². The molecule has 2 N–H and O–H groups in total. The lowest BCUT2D eigenvalue weighted by atomic mass is 10.0. The molecule has 1 aromatic heterocycles. The molecule has 5 heteroatoms. The molecule has 25 heavy (non-hydrogen) atoms. The number of rotatable bonds is 5. The molecular formula is C20H15NO3S. The van der Waals surface area contributed by atoms with Gasteiger partial charge in [0.15, 0.2) is 0 Å². The smallest absolute Gasteiger partial charge is 0.339 e. The van der Waals surface area contributed by atoms with Crippen molar-refractivity contribution >= 4 is 34.3 Å². The maximum absolute atomic E-state index is 12.1. The molecule has 1 amide bonds. The molecule has 0 spiro atoms. The number of nitrogens with one attached hydrogen (secondary N) is 1. The second-order valence-electron chi connectivity index (χ2n) is 5.26. The summed E-state index contributed by atoms with van der Waals surface area (Å²) in [4.78, 5) is 23.8. The third-order valence-electron chi connectivity index (χ3n) is 3.55. The van der Waals surface area contributed by atoms with Gasteiger partial charge in [-0.2, -0.15) is 0 Å². The summed E-state index contributed by atoms with van der Waals surface area (Å²) in [6.45, 7) is 0. The van der Waals surface area contributed by atoms with Crippen molar-refractivity contribution in [2.45, 2.75) is 0 Å². The molecule has 3 rings (SSSR count). The summed E-state index contributed by atoms with van der Waals surface area (Å²) >= 11 is 1.20. The Morgan fingerprint density at radius 2 is 1.60 bits per heavy atom. The minimum Gasteiger partial charge on any atom is -0.478 e. The first-order valence-electron chi connectivity index (χ1n) is 7.59. The minimum absolute atomic E-state index is 0.109. The van der Waals surface area contributed by atoms with Crippen LogP contribution >= 0.6 is 11.3 Å². The fraction of sp³-hybridized carbons (Fsp3) is 0. The van der Waals surface area contributed by atoms with E-state index in [-0.39, 0.29) is 11.5 Å². The first kappa shape index (κ1) is 16.7. The van der Waals surface area contributed by atoms with Crippen LogP contribution < -0.4 is 5.32 Å². The molecule has 0 saturated carbocycles. The van der Waals surface area contributed by atoms with Gasteiger partial charge in [0.05, 0.1) is 0 Å². The van der Waals surface area contributed by atoms with E-state index >= 15 is 0 Å². The fourth-order valence-electron chi connectivity index (χ4n) is 2.38. The van der Waals surface area contributed by atoms with Crippen LogP contribution in [0.5, 0.6) is 0 Å². The molecule has 0 aliphatic heterocycles. The Morgan fingerprint density at radius 1 is 0.960 bits per heavy atom. The highest BCUT2D eigenvalue weighted by molar-refractivity contribution is 7.15. The van der Waals surface area contributed by atoms with E-state index in [2.05, 4.69) is 5.32 Å². The molecule has 4 nitrogen and oxygen atoms in total. The van der Waals surface area contributed by atoms with Gasteiger partial charge in [-0.05, 0) is 17.2 Å². The third kappa shape index (κ3) is 4.02. The summed E-state index contributed by atoms with van der Waals surface area (Å²) in [6, 6.07) is 18.7. The molecule has 124 valence electrons. The zero-order valence-corrected chi connectivity index (χ0v) is 14.0. The van der Waals surface area contributed by atoms with Crippen molar-refractivity contribution < 1.29 is 14.7 Å². The predicted molar refractivity (Wildman–Crippen MR) is 101 cm³/mol. The van der Waals surface area contributed by atoms with Crippen LogP contribution in [0.1, 0.15) is 15.9 Å². The van der Waals surface area contributed by atoms with Crippen LogP contribution in [0.2, 0.25) is 0 Å². The fourth-order valence-corrected chi connectivity index (χ4v) is 3.35. The average Bonchev–Trinajstić information content (AvgIpc) is 3.05. The number of carbonyl (C=O) groups is 2. The molecular weight excluding hydrogens is 334 g/mol. The maximum atomic E-state index is 12.1. The maximum Gasteiger partial charge on any atom is 0.339 e. The number of carbonyl (C=O) groups excluding carboxylic acids is 1. The molecule has 2 aromatic carbocycles. The van der Waals surface area contributed by atoms with Gasteiger partial charge in [0.1, 0.15) is 10.6 Å². The van der Waals surface area contributed by atoms with Crippen LogP contribution in [0.4, 0.5) is 5.00 Å². The largest absolute Gasteiger partial charge is 0.478 e. The Bertz CT molecular complexity index is 915. The first-order valence-corrected chi connectivity index (χ1v) is 8.47. The average molecular weight is 349 g/mol. The second-order valence-corrected chi connectivity index (χ2v) is 6.14. The zero-order chi connectivity index (χ0) is 17.6. The summed E-state index contributed by atoms with van der Waals surface area (Å²) in [6.07, 6.45) is 3.07. The van der Waals surface area contributed by atoms with Crippen molar-refractivity contribution in [2.75, 3.05) is 5.32 Å². The van der Waals surface area contributed by atoms with Crippen LogP contribution in [-0.2, 0) is 4.79 Å². The van der Waals surface area contributed by atoms with E-state index in [0.717, 1.165) is 11.1 Å².